The number of carbonyl (C=O) groups excluding carboxylic acids is 1. The zero-order valence-corrected chi connectivity index (χ0v) is 11.6. The van der Waals surface area contributed by atoms with Gasteiger partial charge in [0.25, 0.3) is 5.91 Å². The number of amides is 1. The van der Waals surface area contributed by atoms with Gasteiger partial charge in [-0.15, -0.1) is 11.6 Å². The molecule has 1 fully saturated rings. The SMILES string of the molecule is N#Cc1cccc(C(=O)N2CCCC(CCCl)C2)c1. The molecule has 1 aromatic rings. The molecule has 1 saturated heterocycles. The van der Waals surface area contributed by atoms with Crippen LogP contribution in [0.2, 0.25) is 0 Å². The van der Waals surface area contributed by atoms with E-state index in [-0.39, 0.29) is 5.91 Å². The van der Waals surface area contributed by atoms with E-state index in [1.807, 2.05) is 4.90 Å². The van der Waals surface area contributed by atoms with Gasteiger partial charge in [0.05, 0.1) is 11.6 Å². The van der Waals surface area contributed by atoms with Crippen molar-refractivity contribution in [2.24, 2.45) is 5.92 Å². The van der Waals surface area contributed by atoms with Crippen LogP contribution in [0.1, 0.15) is 35.2 Å². The van der Waals surface area contributed by atoms with Crippen molar-refractivity contribution in [1.29, 1.82) is 5.26 Å². The first-order chi connectivity index (χ1) is 9.24. The largest absolute Gasteiger partial charge is 0.338 e. The molecule has 1 heterocycles. The van der Waals surface area contributed by atoms with E-state index in [2.05, 4.69) is 6.07 Å². The molecule has 0 aliphatic carbocycles. The third-order valence-corrected chi connectivity index (χ3v) is 3.78. The number of halogens is 1. The van der Waals surface area contributed by atoms with Crippen molar-refractivity contribution >= 4 is 17.5 Å². The van der Waals surface area contributed by atoms with Gasteiger partial charge in [-0.2, -0.15) is 5.26 Å². The average molecular weight is 277 g/mol. The van der Waals surface area contributed by atoms with Gasteiger partial charge in [0.2, 0.25) is 0 Å². The molecule has 3 nitrogen and oxygen atoms in total. The zero-order valence-electron chi connectivity index (χ0n) is 10.8. The number of hydrogen-bond acceptors (Lipinski definition) is 2. The Kier molecular flexibility index (Phi) is 4.81. The molecule has 0 aromatic heterocycles. The number of carbonyl (C=O) groups is 1. The number of nitriles is 1. The van der Waals surface area contributed by atoms with Gasteiger partial charge in [0.15, 0.2) is 0 Å². The van der Waals surface area contributed by atoms with Crippen LogP contribution in [0, 0.1) is 17.2 Å². The molecule has 0 spiro atoms. The fourth-order valence-electron chi connectivity index (χ4n) is 2.54. The number of rotatable bonds is 3. The normalized spacial score (nSPS) is 18.9. The molecule has 19 heavy (non-hydrogen) atoms. The van der Waals surface area contributed by atoms with E-state index in [9.17, 15) is 4.79 Å². The van der Waals surface area contributed by atoms with Gasteiger partial charge in [-0.3, -0.25) is 4.79 Å². The van der Waals surface area contributed by atoms with Crippen molar-refractivity contribution in [1.82, 2.24) is 4.90 Å². The van der Waals surface area contributed by atoms with Crippen molar-refractivity contribution in [2.45, 2.75) is 19.3 Å². The van der Waals surface area contributed by atoms with Crippen LogP contribution in [0.4, 0.5) is 0 Å². The lowest BCUT2D eigenvalue weighted by atomic mass is 9.95. The Bertz CT molecular complexity index is 493. The lowest BCUT2D eigenvalue weighted by Crippen LogP contribution is -2.40. The van der Waals surface area contributed by atoms with Crippen molar-refractivity contribution in [3.8, 4) is 6.07 Å². The Labute approximate surface area is 118 Å². The fraction of sp³-hybridized carbons (Fsp3) is 0.467. The molecule has 1 aromatic carbocycles. The topological polar surface area (TPSA) is 44.1 Å². The monoisotopic (exact) mass is 276 g/mol. The lowest BCUT2D eigenvalue weighted by Gasteiger charge is -2.32. The molecule has 1 aliphatic heterocycles. The zero-order chi connectivity index (χ0) is 13.7. The van der Waals surface area contributed by atoms with Crippen molar-refractivity contribution in [3.63, 3.8) is 0 Å². The number of piperidine rings is 1. The van der Waals surface area contributed by atoms with Crippen LogP contribution >= 0.6 is 11.6 Å². The maximum absolute atomic E-state index is 12.4. The maximum atomic E-state index is 12.4. The van der Waals surface area contributed by atoms with Crippen LogP contribution in [-0.4, -0.2) is 29.8 Å². The Morgan fingerprint density at radius 1 is 1.53 bits per heavy atom. The summed E-state index contributed by atoms with van der Waals surface area (Å²) in [7, 11) is 0. The first-order valence-corrected chi connectivity index (χ1v) is 7.13. The predicted octanol–water partition coefficient (Wildman–Crippen LogP) is 3.04. The van der Waals surface area contributed by atoms with E-state index in [0.29, 0.717) is 22.9 Å². The summed E-state index contributed by atoms with van der Waals surface area (Å²) in [6, 6.07) is 8.97. The van der Waals surface area contributed by atoms with Crippen LogP contribution in [-0.2, 0) is 0 Å². The molecule has 100 valence electrons. The summed E-state index contributed by atoms with van der Waals surface area (Å²) >= 11 is 5.78. The quantitative estimate of drug-likeness (QED) is 0.797. The molecule has 2 rings (SSSR count). The highest BCUT2D eigenvalue weighted by atomic mass is 35.5. The maximum Gasteiger partial charge on any atom is 0.253 e. The summed E-state index contributed by atoms with van der Waals surface area (Å²) in [5.41, 5.74) is 1.13. The summed E-state index contributed by atoms with van der Waals surface area (Å²) in [5, 5.41) is 8.88. The molecule has 0 radical (unpaired) electrons. The highest BCUT2D eigenvalue weighted by Crippen LogP contribution is 2.21. The van der Waals surface area contributed by atoms with E-state index >= 15 is 0 Å². The molecule has 1 aliphatic rings. The summed E-state index contributed by atoms with van der Waals surface area (Å²) in [4.78, 5) is 14.3. The molecule has 0 saturated carbocycles. The molecule has 1 unspecified atom stereocenters. The number of hydrogen-bond donors (Lipinski definition) is 0. The average Bonchev–Trinajstić information content (AvgIpc) is 2.47. The highest BCUT2D eigenvalue weighted by Gasteiger charge is 2.24. The van der Waals surface area contributed by atoms with E-state index in [4.69, 9.17) is 16.9 Å². The molecule has 1 atom stereocenters. The minimum Gasteiger partial charge on any atom is -0.338 e. The second kappa shape index (κ2) is 6.58. The lowest BCUT2D eigenvalue weighted by molar-refractivity contribution is 0.0671. The first kappa shape index (κ1) is 13.9. The van der Waals surface area contributed by atoms with Gasteiger partial charge >= 0.3 is 0 Å². The summed E-state index contributed by atoms with van der Waals surface area (Å²) in [5.74, 6) is 1.18. The van der Waals surface area contributed by atoms with Gasteiger partial charge in [-0.1, -0.05) is 6.07 Å². The fourth-order valence-corrected chi connectivity index (χ4v) is 2.85. The standard InChI is InChI=1S/C15H17ClN2O/c16-7-6-12-4-2-8-18(11-12)15(19)14-5-1-3-13(9-14)10-17/h1,3,5,9,12H,2,4,6-8,11H2. The van der Waals surface area contributed by atoms with Gasteiger partial charge < -0.3 is 4.90 Å². The van der Waals surface area contributed by atoms with Crippen LogP contribution in [0.15, 0.2) is 24.3 Å². The third-order valence-electron chi connectivity index (χ3n) is 3.56. The molecule has 0 N–H and O–H groups in total. The Balaban J connectivity index is 2.08. The minimum atomic E-state index is 0.0244. The molecule has 0 bridgehead atoms. The van der Waals surface area contributed by atoms with E-state index in [1.165, 1.54) is 0 Å². The van der Waals surface area contributed by atoms with Crippen LogP contribution < -0.4 is 0 Å². The minimum absolute atomic E-state index is 0.0244. The molecular weight excluding hydrogens is 260 g/mol. The second-order valence-electron chi connectivity index (χ2n) is 4.93. The Morgan fingerprint density at radius 3 is 3.11 bits per heavy atom. The van der Waals surface area contributed by atoms with Gasteiger partial charge in [0.1, 0.15) is 0 Å². The first-order valence-electron chi connectivity index (χ1n) is 6.60. The van der Waals surface area contributed by atoms with Crippen molar-refractivity contribution < 1.29 is 4.79 Å². The van der Waals surface area contributed by atoms with E-state index in [0.717, 1.165) is 32.4 Å². The summed E-state index contributed by atoms with van der Waals surface area (Å²) < 4.78 is 0. The van der Waals surface area contributed by atoms with Crippen molar-refractivity contribution in [3.05, 3.63) is 35.4 Å². The van der Waals surface area contributed by atoms with Crippen LogP contribution in [0.25, 0.3) is 0 Å². The Hall–Kier alpha value is -1.53. The van der Waals surface area contributed by atoms with Gasteiger partial charge in [0, 0.05) is 24.5 Å². The third kappa shape index (κ3) is 3.48. The molecular formula is C15H17ClN2O. The number of likely N-dealkylation sites (tertiary alicyclic amines) is 1. The predicted molar refractivity (Wildman–Crippen MR) is 75.1 cm³/mol. The summed E-state index contributed by atoms with van der Waals surface area (Å²) in [6.07, 6.45) is 3.14. The van der Waals surface area contributed by atoms with Crippen molar-refractivity contribution in [2.75, 3.05) is 19.0 Å². The van der Waals surface area contributed by atoms with E-state index < -0.39 is 0 Å². The highest BCUT2D eigenvalue weighted by molar-refractivity contribution is 6.17. The number of nitrogens with zero attached hydrogens (tertiary/aromatic N) is 2. The smallest absolute Gasteiger partial charge is 0.253 e. The molecule has 4 heteroatoms. The summed E-state index contributed by atoms with van der Waals surface area (Å²) in [6.45, 7) is 1.58. The number of alkyl halides is 1. The number of benzene rings is 1. The molecule has 1 amide bonds. The Morgan fingerprint density at radius 2 is 2.37 bits per heavy atom. The van der Waals surface area contributed by atoms with Crippen LogP contribution in [0.3, 0.4) is 0 Å². The van der Waals surface area contributed by atoms with Gasteiger partial charge in [-0.25, -0.2) is 0 Å². The van der Waals surface area contributed by atoms with E-state index in [1.54, 1.807) is 24.3 Å². The van der Waals surface area contributed by atoms with Gasteiger partial charge in [-0.05, 0) is 43.4 Å². The second-order valence-corrected chi connectivity index (χ2v) is 5.31. The van der Waals surface area contributed by atoms with Crippen LogP contribution in [0.5, 0.6) is 0 Å².